The average Bonchev–Trinajstić information content (AvgIpc) is 3.54. The van der Waals surface area contributed by atoms with Gasteiger partial charge in [-0.3, -0.25) is 9.78 Å². The standard InChI is InChI=1S/C29H26N4O4S/c1-18-7-2-3-10-21(18)31-25(34)14-16-33-27(26(32-29(33)38)22-11-4-5-15-30-22)24-13-12-23(37-24)19-8-6-9-20(17-19)28(35)36/h2-13,15,17,26-27H,14,16H2,1H3,(H,31,34)(H,32,38)(H,35,36)/t26-,27+/m1/s1. The number of aromatic carboxylic acids is 1. The van der Waals surface area contributed by atoms with Gasteiger partial charge in [-0.1, -0.05) is 36.4 Å². The number of carbonyl (C=O) groups is 2. The molecule has 8 nitrogen and oxygen atoms in total. The molecule has 1 aliphatic heterocycles. The fraction of sp³-hybridized carbons (Fsp3) is 0.172. The van der Waals surface area contributed by atoms with Gasteiger partial charge in [0, 0.05) is 30.4 Å². The molecule has 9 heteroatoms. The number of nitrogens with one attached hydrogen (secondary N) is 2. The van der Waals surface area contributed by atoms with Crippen molar-refractivity contribution in [3.63, 3.8) is 0 Å². The number of hydrogen-bond acceptors (Lipinski definition) is 5. The van der Waals surface area contributed by atoms with E-state index in [0.29, 0.717) is 28.7 Å². The summed E-state index contributed by atoms with van der Waals surface area (Å²) < 4.78 is 6.27. The topological polar surface area (TPSA) is 108 Å². The summed E-state index contributed by atoms with van der Waals surface area (Å²) >= 11 is 5.69. The molecule has 1 aliphatic rings. The van der Waals surface area contributed by atoms with Crippen molar-refractivity contribution in [2.24, 2.45) is 0 Å². The Kier molecular flexibility index (Phi) is 7.19. The number of anilines is 1. The molecule has 1 fully saturated rings. The Morgan fingerprint density at radius 2 is 1.89 bits per heavy atom. The molecule has 0 spiro atoms. The smallest absolute Gasteiger partial charge is 0.335 e. The maximum absolute atomic E-state index is 12.8. The number of furan rings is 1. The van der Waals surface area contributed by atoms with Crippen molar-refractivity contribution in [1.29, 1.82) is 0 Å². The van der Waals surface area contributed by atoms with Crippen LogP contribution in [0.2, 0.25) is 0 Å². The first-order valence-corrected chi connectivity index (χ1v) is 12.6. The molecule has 5 rings (SSSR count). The number of aromatic nitrogens is 1. The van der Waals surface area contributed by atoms with Gasteiger partial charge in [-0.05, 0) is 67.2 Å². The van der Waals surface area contributed by atoms with Gasteiger partial charge in [0.05, 0.1) is 17.3 Å². The highest BCUT2D eigenvalue weighted by atomic mass is 32.1. The Morgan fingerprint density at radius 1 is 1.08 bits per heavy atom. The molecule has 2 aromatic heterocycles. The number of carbonyl (C=O) groups excluding carboxylic acids is 1. The number of hydrogen-bond donors (Lipinski definition) is 3. The summed E-state index contributed by atoms with van der Waals surface area (Å²) in [6.07, 6.45) is 1.94. The lowest BCUT2D eigenvalue weighted by atomic mass is 10.0. The Hall–Kier alpha value is -4.50. The largest absolute Gasteiger partial charge is 0.478 e. The number of thiocarbonyl (C=S) groups is 1. The van der Waals surface area contributed by atoms with Crippen molar-refractivity contribution in [2.45, 2.75) is 25.4 Å². The zero-order valence-electron chi connectivity index (χ0n) is 20.6. The summed E-state index contributed by atoms with van der Waals surface area (Å²) in [5.74, 6) is 0.0445. The Bertz CT molecular complexity index is 1490. The quantitative estimate of drug-likeness (QED) is 0.264. The highest BCUT2D eigenvalue weighted by molar-refractivity contribution is 7.80. The summed E-state index contributed by atoms with van der Waals surface area (Å²) in [7, 11) is 0. The average molecular weight is 527 g/mol. The van der Waals surface area contributed by atoms with Gasteiger partial charge in [-0.15, -0.1) is 0 Å². The van der Waals surface area contributed by atoms with Gasteiger partial charge in [-0.25, -0.2) is 4.79 Å². The van der Waals surface area contributed by atoms with Crippen LogP contribution in [0.1, 0.15) is 45.9 Å². The van der Waals surface area contributed by atoms with Crippen LogP contribution in [0.5, 0.6) is 0 Å². The normalized spacial score (nSPS) is 16.8. The second-order valence-electron chi connectivity index (χ2n) is 9.02. The first kappa shape index (κ1) is 25.2. The van der Waals surface area contributed by atoms with E-state index in [4.69, 9.17) is 16.6 Å². The summed E-state index contributed by atoms with van der Waals surface area (Å²) in [6, 6.07) is 22.9. The van der Waals surface area contributed by atoms with Crippen LogP contribution in [0.15, 0.2) is 89.5 Å². The van der Waals surface area contributed by atoms with Gasteiger partial charge in [-0.2, -0.15) is 0 Å². The number of rotatable bonds is 8. The maximum atomic E-state index is 12.8. The minimum Gasteiger partial charge on any atom is -0.478 e. The van der Waals surface area contributed by atoms with Gasteiger partial charge in [0.15, 0.2) is 5.11 Å². The van der Waals surface area contributed by atoms with Crippen LogP contribution in [-0.2, 0) is 4.79 Å². The van der Waals surface area contributed by atoms with Gasteiger partial charge in [0.2, 0.25) is 5.91 Å². The van der Waals surface area contributed by atoms with Crippen LogP contribution in [0, 0.1) is 6.92 Å². The Labute approximate surface area is 225 Å². The lowest BCUT2D eigenvalue weighted by Crippen LogP contribution is -2.32. The first-order chi connectivity index (χ1) is 18.4. The molecule has 2 aromatic carbocycles. The number of para-hydroxylation sites is 1. The first-order valence-electron chi connectivity index (χ1n) is 12.2. The van der Waals surface area contributed by atoms with E-state index in [1.165, 1.54) is 6.07 Å². The molecule has 1 amide bonds. The van der Waals surface area contributed by atoms with Crippen LogP contribution in [0.25, 0.3) is 11.3 Å². The third-order valence-corrected chi connectivity index (χ3v) is 6.86. The lowest BCUT2D eigenvalue weighted by Gasteiger charge is -2.26. The summed E-state index contributed by atoms with van der Waals surface area (Å²) in [6.45, 7) is 2.31. The molecule has 0 saturated carbocycles. The third-order valence-electron chi connectivity index (χ3n) is 6.51. The number of benzene rings is 2. The lowest BCUT2D eigenvalue weighted by molar-refractivity contribution is -0.116. The highest BCUT2D eigenvalue weighted by Crippen LogP contribution is 2.40. The van der Waals surface area contributed by atoms with E-state index in [1.807, 2.05) is 66.4 Å². The molecule has 192 valence electrons. The number of pyridine rings is 1. The number of amides is 1. The summed E-state index contributed by atoms with van der Waals surface area (Å²) in [5, 5.41) is 16.2. The van der Waals surface area contributed by atoms with E-state index in [2.05, 4.69) is 15.6 Å². The second kappa shape index (κ2) is 10.9. The number of aryl methyl sites for hydroxylation is 1. The zero-order valence-corrected chi connectivity index (χ0v) is 21.4. The molecule has 4 aromatic rings. The van der Waals surface area contributed by atoms with Crippen LogP contribution in [0.3, 0.4) is 0 Å². The number of carboxylic acid groups (broad SMARTS) is 1. The monoisotopic (exact) mass is 526 g/mol. The van der Waals surface area contributed by atoms with Gasteiger partial charge >= 0.3 is 5.97 Å². The molecule has 3 heterocycles. The minimum absolute atomic E-state index is 0.118. The van der Waals surface area contributed by atoms with Gasteiger partial charge < -0.3 is 25.1 Å². The SMILES string of the molecule is Cc1ccccc1NC(=O)CCN1C(=S)N[C@H](c2ccccn2)[C@@H]1c1ccc(-c2cccc(C(=O)O)c2)o1. The molecule has 38 heavy (non-hydrogen) atoms. The van der Waals surface area contributed by atoms with E-state index in [0.717, 1.165) is 16.9 Å². The molecule has 0 bridgehead atoms. The van der Waals surface area contributed by atoms with Crippen LogP contribution < -0.4 is 10.6 Å². The predicted molar refractivity (Wildman–Crippen MR) is 148 cm³/mol. The van der Waals surface area contributed by atoms with Crippen molar-refractivity contribution in [3.8, 4) is 11.3 Å². The third kappa shape index (κ3) is 5.28. The fourth-order valence-electron chi connectivity index (χ4n) is 4.58. The van der Waals surface area contributed by atoms with E-state index >= 15 is 0 Å². The molecule has 0 radical (unpaired) electrons. The van der Waals surface area contributed by atoms with E-state index in [-0.39, 0.29) is 30.0 Å². The van der Waals surface area contributed by atoms with Gasteiger partial charge in [0.1, 0.15) is 17.6 Å². The number of nitrogens with zero attached hydrogens (tertiary/aromatic N) is 2. The summed E-state index contributed by atoms with van der Waals surface area (Å²) in [4.78, 5) is 30.7. The van der Waals surface area contributed by atoms with Crippen molar-refractivity contribution < 1.29 is 19.1 Å². The van der Waals surface area contributed by atoms with Crippen molar-refractivity contribution in [2.75, 3.05) is 11.9 Å². The zero-order chi connectivity index (χ0) is 26.6. The van der Waals surface area contributed by atoms with Crippen LogP contribution in [-0.4, -0.2) is 38.5 Å². The molecule has 0 unspecified atom stereocenters. The maximum Gasteiger partial charge on any atom is 0.335 e. The molecule has 3 N–H and O–H groups in total. The van der Waals surface area contributed by atoms with Crippen LogP contribution in [0.4, 0.5) is 5.69 Å². The Morgan fingerprint density at radius 3 is 2.66 bits per heavy atom. The molecule has 0 aliphatic carbocycles. The highest BCUT2D eigenvalue weighted by Gasteiger charge is 2.41. The molecule has 1 saturated heterocycles. The number of carboxylic acids is 1. The van der Waals surface area contributed by atoms with E-state index < -0.39 is 5.97 Å². The Balaban J connectivity index is 1.41. The minimum atomic E-state index is -1.01. The van der Waals surface area contributed by atoms with Crippen molar-refractivity contribution in [1.82, 2.24) is 15.2 Å². The van der Waals surface area contributed by atoms with E-state index in [9.17, 15) is 14.7 Å². The van der Waals surface area contributed by atoms with Crippen LogP contribution >= 0.6 is 12.2 Å². The fourth-order valence-corrected chi connectivity index (χ4v) is 4.91. The molecular weight excluding hydrogens is 500 g/mol. The molecule has 2 atom stereocenters. The van der Waals surface area contributed by atoms with Crippen molar-refractivity contribution >= 4 is 34.9 Å². The summed E-state index contributed by atoms with van der Waals surface area (Å²) in [5.41, 5.74) is 3.39. The molecular formula is C29H26N4O4S. The second-order valence-corrected chi connectivity index (χ2v) is 9.41. The van der Waals surface area contributed by atoms with E-state index in [1.54, 1.807) is 24.4 Å². The van der Waals surface area contributed by atoms with Gasteiger partial charge in [0.25, 0.3) is 0 Å². The predicted octanol–water partition coefficient (Wildman–Crippen LogP) is 5.35. The van der Waals surface area contributed by atoms with Crippen molar-refractivity contribution in [3.05, 3.63) is 108 Å².